The fourth-order valence-corrected chi connectivity index (χ4v) is 4.21. The van der Waals surface area contributed by atoms with Gasteiger partial charge in [0.15, 0.2) is 0 Å². The van der Waals surface area contributed by atoms with Crippen molar-refractivity contribution in [3.63, 3.8) is 0 Å². The van der Waals surface area contributed by atoms with E-state index in [1.165, 1.54) is 29.3 Å². The molecule has 1 aromatic rings. The van der Waals surface area contributed by atoms with Gasteiger partial charge in [0.2, 0.25) is 10.0 Å². The number of benzene rings is 1. The standard InChI is InChI=1S/C14H19FN2O3S/c15-13-9-11(10-18)1-4-14(13)21(19,20)17-7-5-16(6-8-17)12-2-3-12/h1,4,9,12,18H,2-3,5-8,10H2. The summed E-state index contributed by atoms with van der Waals surface area (Å²) in [6, 6.07) is 4.38. The average molecular weight is 314 g/mol. The zero-order valence-electron chi connectivity index (χ0n) is 11.7. The van der Waals surface area contributed by atoms with Crippen molar-refractivity contribution in [3.8, 4) is 0 Å². The summed E-state index contributed by atoms with van der Waals surface area (Å²) in [4.78, 5) is 2.00. The number of halogens is 1. The van der Waals surface area contributed by atoms with Crippen LogP contribution in [-0.2, 0) is 16.6 Å². The largest absolute Gasteiger partial charge is 0.392 e. The lowest BCUT2D eigenvalue weighted by Crippen LogP contribution is -2.49. The van der Waals surface area contributed by atoms with Crippen LogP contribution in [0.3, 0.4) is 0 Å². The SMILES string of the molecule is O=S(=O)(c1ccc(CO)cc1F)N1CCN(C2CC2)CC1. The molecule has 0 amide bonds. The number of aliphatic hydroxyl groups is 1. The third-order valence-electron chi connectivity index (χ3n) is 4.13. The fourth-order valence-electron chi connectivity index (χ4n) is 2.74. The third-order valence-corrected chi connectivity index (χ3v) is 6.07. The Labute approximate surface area is 124 Å². The van der Waals surface area contributed by atoms with Crippen LogP contribution >= 0.6 is 0 Å². The quantitative estimate of drug-likeness (QED) is 0.892. The maximum absolute atomic E-state index is 14.0. The van der Waals surface area contributed by atoms with Crippen LogP contribution in [0.25, 0.3) is 0 Å². The molecule has 0 aromatic heterocycles. The normalized spacial score (nSPS) is 21.6. The van der Waals surface area contributed by atoms with Crippen LogP contribution < -0.4 is 0 Å². The van der Waals surface area contributed by atoms with Crippen molar-refractivity contribution < 1.29 is 17.9 Å². The van der Waals surface area contributed by atoms with E-state index in [0.29, 0.717) is 37.8 Å². The van der Waals surface area contributed by atoms with Crippen molar-refractivity contribution in [2.75, 3.05) is 26.2 Å². The molecule has 3 rings (SSSR count). The van der Waals surface area contributed by atoms with Crippen molar-refractivity contribution in [3.05, 3.63) is 29.6 Å². The first-order valence-corrected chi connectivity index (χ1v) is 8.60. The van der Waals surface area contributed by atoms with Crippen LogP contribution in [0.5, 0.6) is 0 Å². The molecule has 0 radical (unpaired) electrons. The Morgan fingerprint density at radius 3 is 2.38 bits per heavy atom. The topological polar surface area (TPSA) is 60.9 Å². The van der Waals surface area contributed by atoms with Gasteiger partial charge >= 0.3 is 0 Å². The van der Waals surface area contributed by atoms with E-state index in [1.807, 2.05) is 0 Å². The van der Waals surface area contributed by atoms with E-state index in [-0.39, 0.29) is 11.5 Å². The second-order valence-corrected chi connectivity index (χ2v) is 7.50. The molecule has 1 aromatic carbocycles. The van der Waals surface area contributed by atoms with Crippen LogP contribution in [0.1, 0.15) is 18.4 Å². The van der Waals surface area contributed by atoms with Crippen LogP contribution in [0.2, 0.25) is 0 Å². The van der Waals surface area contributed by atoms with E-state index in [0.717, 1.165) is 6.07 Å². The van der Waals surface area contributed by atoms with E-state index < -0.39 is 15.8 Å². The highest BCUT2D eigenvalue weighted by Crippen LogP contribution is 2.29. The molecule has 2 aliphatic rings. The highest BCUT2D eigenvalue weighted by atomic mass is 32.2. The summed E-state index contributed by atoms with van der Waals surface area (Å²) in [5, 5.41) is 8.96. The minimum Gasteiger partial charge on any atom is -0.392 e. The van der Waals surface area contributed by atoms with Gasteiger partial charge < -0.3 is 5.11 Å². The molecule has 21 heavy (non-hydrogen) atoms. The Morgan fingerprint density at radius 2 is 1.86 bits per heavy atom. The number of nitrogens with zero attached hydrogens (tertiary/aromatic N) is 2. The van der Waals surface area contributed by atoms with E-state index in [2.05, 4.69) is 4.90 Å². The summed E-state index contributed by atoms with van der Waals surface area (Å²) in [6.07, 6.45) is 2.40. The summed E-state index contributed by atoms with van der Waals surface area (Å²) in [6.45, 7) is 1.91. The van der Waals surface area contributed by atoms with Gasteiger partial charge in [0.05, 0.1) is 6.61 Å². The first-order chi connectivity index (χ1) is 10.0. The van der Waals surface area contributed by atoms with E-state index in [1.54, 1.807) is 0 Å². The van der Waals surface area contributed by atoms with Crippen molar-refractivity contribution in [2.45, 2.75) is 30.4 Å². The Balaban J connectivity index is 1.77. The molecule has 1 aliphatic carbocycles. The minimum atomic E-state index is -3.80. The average Bonchev–Trinajstić information content (AvgIpc) is 3.31. The molecule has 0 unspecified atom stereocenters. The first kappa shape index (κ1) is 14.9. The Hall–Kier alpha value is -1.02. The van der Waals surface area contributed by atoms with Gasteiger partial charge in [-0.2, -0.15) is 4.31 Å². The molecular weight excluding hydrogens is 295 g/mol. The predicted molar refractivity (Wildman–Crippen MR) is 75.7 cm³/mol. The maximum Gasteiger partial charge on any atom is 0.246 e. The number of piperazine rings is 1. The maximum atomic E-state index is 14.0. The van der Waals surface area contributed by atoms with Crippen LogP contribution in [0, 0.1) is 5.82 Å². The van der Waals surface area contributed by atoms with Crippen molar-refractivity contribution in [2.24, 2.45) is 0 Å². The molecule has 7 heteroatoms. The highest BCUT2D eigenvalue weighted by Gasteiger charge is 2.35. The fraction of sp³-hybridized carbons (Fsp3) is 0.571. The van der Waals surface area contributed by atoms with Crippen LogP contribution in [-0.4, -0.2) is 55.0 Å². The third kappa shape index (κ3) is 2.96. The lowest BCUT2D eigenvalue weighted by atomic mass is 10.2. The van der Waals surface area contributed by atoms with E-state index >= 15 is 0 Å². The minimum absolute atomic E-state index is 0.306. The van der Waals surface area contributed by atoms with Gasteiger partial charge in [0.1, 0.15) is 10.7 Å². The molecule has 0 atom stereocenters. The summed E-state index contributed by atoms with van der Waals surface area (Å²) < 4.78 is 40.3. The molecule has 116 valence electrons. The number of hydrogen-bond donors (Lipinski definition) is 1. The summed E-state index contributed by atoms with van der Waals surface area (Å²) in [5.74, 6) is -0.800. The smallest absolute Gasteiger partial charge is 0.246 e. The molecule has 0 bridgehead atoms. The molecule has 1 N–H and O–H groups in total. The molecular formula is C14H19FN2O3S. The van der Waals surface area contributed by atoms with Gasteiger partial charge in [0, 0.05) is 32.2 Å². The number of rotatable bonds is 4. The van der Waals surface area contributed by atoms with Gasteiger partial charge in [-0.3, -0.25) is 4.90 Å². The predicted octanol–water partition coefficient (Wildman–Crippen LogP) is 0.787. The monoisotopic (exact) mass is 314 g/mol. The lowest BCUT2D eigenvalue weighted by Gasteiger charge is -2.34. The Bertz CT molecular complexity index is 623. The Kier molecular flexibility index (Phi) is 4.00. The van der Waals surface area contributed by atoms with Crippen molar-refractivity contribution in [1.82, 2.24) is 9.21 Å². The summed E-state index contributed by atoms with van der Waals surface area (Å²) in [7, 11) is -3.80. The van der Waals surface area contributed by atoms with Crippen LogP contribution in [0.4, 0.5) is 4.39 Å². The zero-order chi connectivity index (χ0) is 15.0. The molecule has 2 fully saturated rings. The number of aliphatic hydroxyl groups excluding tert-OH is 1. The van der Waals surface area contributed by atoms with Crippen molar-refractivity contribution in [1.29, 1.82) is 0 Å². The lowest BCUT2D eigenvalue weighted by molar-refractivity contribution is 0.180. The molecule has 1 aliphatic heterocycles. The highest BCUT2D eigenvalue weighted by molar-refractivity contribution is 7.89. The van der Waals surface area contributed by atoms with Gasteiger partial charge in [-0.15, -0.1) is 0 Å². The first-order valence-electron chi connectivity index (χ1n) is 7.16. The molecule has 1 saturated carbocycles. The second-order valence-electron chi connectivity index (χ2n) is 5.59. The number of hydrogen-bond acceptors (Lipinski definition) is 4. The summed E-state index contributed by atoms with van der Waals surface area (Å²) in [5.41, 5.74) is 0.366. The van der Waals surface area contributed by atoms with Crippen LogP contribution in [0.15, 0.2) is 23.1 Å². The molecule has 1 saturated heterocycles. The van der Waals surface area contributed by atoms with Crippen molar-refractivity contribution >= 4 is 10.0 Å². The molecule has 5 nitrogen and oxygen atoms in total. The zero-order valence-corrected chi connectivity index (χ0v) is 12.5. The van der Waals surface area contributed by atoms with E-state index in [4.69, 9.17) is 5.11 Å². The molecule has 1 heterocycles. The van der Waals surface area contributed by atoms with Gasteiger partial charge in [-0.1, -0.05) is 6.07 Å². The summed E-state index contributed by atoms with van der Waals surface area (Å²) >= 11 is 0. The van der Waals surface area contributed by atoms with Gasteiger partial charge in [-0.25, -0.2) is 12.8 Å². The van der Waals surface area contributed by atoms with Gasteiger partial charge in [0.25, 0.3) is 0 Å². The van der Waals surface area contributed by atoms with Gasteiger partial charge in [-0.05, 0) is 30.5 Å². The Morgan fingerprint density at radius 1 is 1.19 bits per heavy atom. The second kappa shape index (κ2) is 5.64. The van der Waals surface area contributed by atoms with E-state index in [9.17, 15) is 12.8 Å². The molecule has 0 spiro atoms. The number of sulfonamides is 1.